The Morgan fingerprint density at radius 3 is 3.18 bits per heavy atom. The van der Waals surface area contributed by atoms with Gasteiger partial charge in [0.25, 0.3) is 0 Å². The van der Waals surface area contributed by atoms with Crippen molar-refractivity contribution >= 4 is 0 Å². The van der Waals surface area contributed by atoms with Crippen LogP contribution in [0.25, 0.3) is 0 Å². The van der Waals surface area contributed by atoms with Crippen molar-refractivity contribution in [2.75, 3.05) is 6.54 Å². The second-order valence-electron chi connectivity index (χ2n) is 3.91. The summed E-state index contributed by atoms with van der Waals surface area (Å²) in [7, 11) is 0. The van der Waals surface area contributed by atoms with Crippen LogP contribution in [0, 0.1) is 0 Å². The Hall–Kier alpha value is -1.62. The maximum atomic E-state index is 5.26. The van der Waals surface area contributed by atoms with E-state index in [2.05, 4.69) is 22.3 Å². The number of aryl methyl sites for hydroxylation is 1. The largest absolute Gasteiger partial charge is 0.469 e. The lowest BCUT2D eigenvalue weighted by atomic mass is 10.3. The maximum absolute atomic E-state index is 5.26. The lowest BCUT2D eigenvalue weighted by Crippen LogP contribution is -2.20. The minimum absolute atomic E-state index is 0.751. The van der Waals surface area contributed by atoms with Gasteiger partial charge in [-0.3, -0.25) is 0 Å². The van der Waals surface area contributed by atoms with E-state index in [0.717, 1.165) is 44.1 Å². The smallest absolute Gasteiger partial charge is 0.140 e. The minimum atomic E-state index is 0.751. The van der Waals surface area contributed by atoms with E-state index in [4.69, 9.17) is 4.42 Å². The molecule has 0 amide bonds. The monoisotopic (exact) mass is 234 g/mol. The highest BCUT2D eigenvalue weighted by molar-refractivity contribution is 4.98. The normalized spacial score (nSPS) is 10.9. The first-order chi connectivity index (χ1) is 8.40. The summed E-state index contributed by atoms with van der Waals surface area (Å²) in [5.74, 6) is 2.00. The van der Waals surface area contributed by atoms with Gasteiger partial charge in [-0.05, 0) is 18.6 Å². The van der Waals surface area contributed by atoms with Crippen molar-refractivity contribution in [3.63, 3.8) is 0 Å². The summed E-state index contributed by atoms with van der Waals surface area (Å²) >= 11 is 0. The van der Waals surface area contributed by atoms with Crippen molar-refractivity contribution in [3.8, 4) is 0 Å². The summed E-state index contributed by atoms with van der Waals surface area (Å²) in [5.41, 5.74) is 0. The van der Waals surface area contributed by atoms with Crippen molar-refractivity contribution in [1.29, 1.82) is 0 Å². The number of hydrogen-bond acceptors (Lipinski definition) is 4. The molecule has 5 heteroatoms. The molecular formula is C12H18N4O. The first kappa shape index (κ1) is 11.9. The molecular weight excluding hydrogens is 216 g/mol. The molecule has 1 N–H and O–H groups in total. The van der Waals surface area contributed by atoms with E-state index >= 15 is 0 Å². The second kappa shape index (κ2) is 6.20. The van der Waals surface area contributed by atoms with Crippen LogP contribution in [0.2, 0.25) is 0 Å². The summed E-state index contributed by atoms with van der Waals surface area (Å²) < 4.78 is 7.20. The Morgan fingerprint density at radius 2 is 2.41 bits per heavy atom. The van der Waals surface area contributed by atoms with Gasteiger partial charge >= 0.3 is 0 Å². The molecule has 17 heavy (non-hydrogen) atoms. The molecule has 0 aliphatic heterocycles. The topological polar surface area (TPSA) is 55.9 Å². The summed E-state index contributed by atoms with van der Waals surface area (Å²) in [4.78, 5) is 4.24. The lowest BCUT2D eigenvalue weighted by molar-refractivity contribution is 0.491. The van der Waals surface area contributed by atoms with E-state index in [1.807, 2.05) is 16.8 Å². The van der Waals surface area contributed by atoms with Gasteiger partial charge in [-0.2, -0.15) is 5.10 Å². The summed E-state index contributed by atoms with van der Waals surface area (Å²) in [6, 6.07) is 3.90. The third kappa shape index (κ3) is 3.42. The van der Waals surface area contributed by atoms with Crippen LogP contribution in [-0.4, -0.2) is 21.3 Å². The van der Waals surface area contributed by atoms with Crippen LogP contribution < -0.4 is 5.32 Å². The molecule has 2 aromatic rings. The molecule has 2 rings (SSSR count). The van der Waals surface area contributed by atoms with Crippen LogP contribution in [0.4, 0.5) is 0 Å². The number of aromatic nitrogens is 3. The van der Waals surface area contributed by atoms with Crippen molar-refractivity contribution < 1.29 is 4.42 Å². The molecule has 2 heterocycles. The molecule has 0 saturated heterocycles. The van der Waals surface area contributed by atoms with Crippen molar-refractivity contribution in [1.82, 2.24) is 20.1 Å². The predicted molar refractivity (Wildman–Crippen MR) is 64.4 cm³/mol. The van der Waals surface area contributed by atoms with Gasteiger partial charge in [0.05, 0.1) is 12.8 Å². The van der Waals surface area contributed by atoms with E-state index in [0.29, 0.717) is 0 Å². The molecule has 0 spiro atoms. The lowest BCUT2D eigenvalue weighted by Gasteiger charge is -2.05. The zero-order chi connectivity index (χ0) is 11.9. The van der Waals surface area contributed by atoms with Crippen molar-refractivity contribution in [2.45, 2.75) is 32.9 Å². The zero-order valence-corrected chi connectivity index (χ0v) is 10.1. The third-order valence-corrected chi connectivity index (χ3v) is 2.54. The van der Waals surface area contributed by atoms with Crippen LogP contribution in [0.1, 0.15) is 24.9 Å². The van der Waals surface area contributed by atoms with E-state index in [1.54, 1.807) is 12.6 Å². The van der Waals surface area contributed by atoms with Gasteiger partial charge in [-0.15, -0.1) is 0 Å². The average Bonchev–Trinajstić information content (AvgIpc) is 2.96. The Kier molecular flexibility index (Phi) is 4.32. The van der Waals surface area contributed by atoms with Crippen LogP contribution in [0.5, 0.6) is 0 Å². The fraction of sp³-hybridized carbons (Fsp3) is 0.500. The highest BCUT2D eigenvalue weighted by Crippen LogP contribution is 2.00. The molecule has 0 unspecified atom stereocenters. The molecule has 0 fully saturated rings. The van der Waals surface area contributed by atoms with Crippen LogP contribution in [-0.2, 0) is 19.5 Å². The Bertz CT molecular complexity index is 421. The molecule has 92 valence electrons. The molecule has 5 nitrogen and oxygen atoms in total. The molecule has 0 aliphatic carbocycles. The minimum Gasteiger partial charge on any atom is -0.469 e. The van der Waals surface area contributed by atoms with Crippen molar-refractivity contribution in [3.05, 3.63) is 36.3 Å². The third-order valence-electron chi connectivity index (χ3n) is 2.54. The molecule has 0 aromatic carbocycles. The fourth-order valence-corrected chi connectivity index (χ4v) is 1.69. The summed E-state index contributed by atoms with van der Waals surface area (Å²) in [5, 5.41) is 7.52. The van der Waals surface area contributed by atoms with Crippen LogP contribution in [0.15, 0.2) is 29.1 Å². The Labute approximate surface area is 101 Å². The van der Waals surface area contributed by atoms with Gasteiger partial charge in [0, 0.05) is 19.5 Å². The molecule has 0 saturated carbocycles. The summed E-state index contributed by atoms with van der Waals surface area (Å²) in [6.07, 6.45) is 5.28. The van der Waals surface area contributed by atoms with Gasteiger partial charge in [-0.1, -0.05) is 6.92 Å². The van der Waals surface area contributed by atoms with Gasteiger partial charge < -0.3 is 9.73 Å². The van der Waals surface area contributed by atoms with Crippen LogP contribution >= 0.6 is 0 Å². The van der Waals surface area contributed by atoms with E-state index in [-0.39, 0.29) is 0 Å². The van der Waals surface area contributed by atoms with E-state index in [9.17, 15) is 0 Å². The molecule has 0 aliphatic rings. The predicted octanol–water partition coefficient (Wildman–Crippen LogP) is 1.61. The van der Waals surface area contributed by atoms with Gasteiger partial charge in [0.15, 0.2) is 0 Å². The number of nitrogens with one attached hydrogen (secondary N) is 1. The van der Waals surface area contributed by atoms with Gasteiger partial charge in [0.2, 0.25) is 0 Å². The summed E-state index contributed by atoms with van der Waals surface area (Å²) in [6.45, 7) is 4.69. The Morgan fingerprint density at radius 1 is 1.47 bits per heavy atom. The SMILES string of the molecule is CCCn1ncnc1CNCCc1ccco1. The molecule has 0 bridgehead atoms. The first-order valence-electron chi connectivity index (χ1n) is 6.00. The Balaban J connectivity index is 1.72. The molecule has 2 aromatic heterocycles. The first-order valence-corrected chi connectivity index (χ1v) is 6.00. The quantitative estimate of drug-likeness (QED) is 0.739. The zero-order valence-electron chi connectivity index (χ0n) is 10.1. The maximum Gasteiger partial charge on any atom is 0.140 e. The van der Waals surface area contributed by atoms with Gasteiger partial charge in [0.1, 0.15) is 17.9 Å². The van der Waals surface area contributed by atoms with E-state index < -0.39 is 0 Å². The number of furan rings is 1. The number of hydrogen-bond donors (Lipinski definition) is 1. The average molecular weight is 234 g/mol. The number of nitrogens with zero attached hydrogens (tertiary/aromatic N) is 3. The van der Waals surface area contributed by atoms with Crippen LogP contribution in [0.3, 0.4) is 0 Å². The highest BCUT2D eigenvalue weighted by atomic mass is 16.3. The van der Waals surface area contributed by atoms with Crippen molar-refractivity contribution in [2.24, 2.45) is 0 Å². The molecule has 0 atom stereocenters. The number of rotatable bonds is 7. The van der Waals surface area contributed by atoms with Gasteiger partial charge in [-0.25, -0.2) is 9.67 Å². The van der Waals surface area contributed by atoms with E-state index in [1.165, 1.54) is 0 Å². The fourth-order valence-electron chi connectivity index (χ4n) is 1.69. The molecule has 0 radical (unpaired) electrons. The highest BCUT2D eigenvalue weighted by Gasteiger charge is 2.02. The second-order valence-corrected chi connectivity index (χ2v) is 3.91. The standard InChI is InChI=1S/C12H18N4O/c1-2-7-16-12(14-10-15-16)9-13-6-5-11-4-3-8-17-11/h3-4,8,10,13H,2,5-7,9H2,1H3.